The van der Waals surface area contributed by atoms with E-state index in [-0.39, 0.29) is 5.97 Å². The molecule has 1 unspecified atom stereocenters. The van der Waals surface area contributed by atoms with Gasteiger partial charge in [0, 0.05) is 0 Å². The zero-order valence-electron chi connectivity index (χ0n) is 14.7. The molecule has 0 aliphatic heterocycles. The minimum Gasteiger partial charge on any atom is -0.544 e. The molecule has 1 aromatic carbocycles. The summed E-state index contributed by atoms with van der Waals surface area (Å²) < 4.78 is 17.2. The van der Waals surface area contributed by atoms with Crippen LogP contribution in [0.15, 0.2) is 24.3 Å². The molecule has 0 N–H and O–H groups in total. The highest BCUT2D eigenvalue weighted by atomic mass is 28.4. The zero-order chi connectivity index (χ0) is 17.0. The highest BCUT2D eigenvalue weighted by Gasteiger charge is 2.29. The third kappa shape index (κ3) is 6.76. The summed E-state index contributed by atoms with van der Waals surface area (Å²) in [5.41, 5.74) is 0.789. The van der Waals surface area contributed by atoms with Crippen LogP contribution in [0.5, 0.6) is 5.75 Å². The Morgan fingerprint density at radius 3 is 2.23 bits per heavy atom. The Bertz CT molecular complexity index is 504. The Morgan fingerprint density at radius 1 is 1.09 bits per heavy atom. The van der Waals surface area contributed by atoms with Gasteiger partial charge in [-0.1, -0.05) is 12.1 Å². The Kier molecular flexibility index (Phi) is 6.40. The summed E-state index contributed by atoms with van der Waals surface area (Å²) in [5, 5.41) is 0. The zero-order valence-corrected chi connectivity index (χ0v) is 16.7. The van der Waals surface area contributed by atoms with Gasteiger partial charge in [0.2, 0.25) is 8.32 Å². The van der Waals surface area contributed by atoms with Gasteiger partial charge in [-0.05, 0) is 63.9 Å². The molecule has 0 aromatic heterocycles. The van der Waals surface area contributed by atoms with Crippen LogP contribution in [-0.2, 0) is 14.0 Å². The molecule has 1 aromatic rings. The van der Waals surface area contributed by atoms with Gasteiger partial charge < -0.3 is 13.6 Å². The first-order valence-corrected chi connectivity index (χ1v) is 14.5. The molecular formula is C16H28O4Si2. The Labute approximate surface area is 136 Å². The summed E-state index contributed by atoms with van der Waals surface area (Å²) in [7, 11) is -3.59. The Hall–Kier alpha value is -1.12. The van der Waals surface area contributed by atoms with E-state index in [1.54, 1.807) is 6.92 Å². The maximum absolute atomic E-state index is 12.3. The van der Waals surface area contributed by atoms with Crippen LogP contribution in [0.25, 0.3) is 0 Å². The minimum absolute atomic E-state index is 0.338. The maximum atomic E-state index is 12.3. The lowest BCUT2D eigenvalue weighted by Crippen LogP contribution is -2.33. The van der Waals surface area contributed by atoms with Crippen molar-refractivity contribution in [2.45, 2.75) is 52.3 Å². The molecule has 0 saturated heterocycles. The summed E-state index contributed by atoms with van der Waals surface area (Å²) >= 11 is 0. The van der Waals surface area contributed by atoms with Crippen molar-refractivity contribution in [3.8, 4) is 5.75 Å². The first-order valence-electron chi connectivity index (χ1n) is 7.65. The van der Waals surface area contributed by atoms with E-state index in [9.17, 15) is 4.79 Å². The smallest absolute Gasteiger partial charge is 0.338 e. The SMILES string of the molecule is CCOC(=O)C(O[Si](C)(C)C)c1cccc(O[Si](C)(C)C)c1. The monoisotopic (exact) mass is 340 g/mol. The second-order valence-electron chi connectivity index (χ2n) is 7.15. The molecule has 0 heterocycles. The molecule has 0 saturated carbocycles. The van der Waals surface area contributed by atoms with Gasteiger partial charge in [-0.3, -0.25) is 0 Å². The standard InChI is InChI=1S/C16H28O4Si2/c1-8-18-16(17)15(20-22(5,6)7)13-10-9-11-14(12-13)19-21(2,3)4/h9-12,15H,8H2,1-7H3. The summed E-state index contributed by atoms with van der Waals surface area (Å²) in [6, 6.07) is 7.59. The topological polar surface area (TPSA) is 44.8 Å². The quantitative estimate of drug-likeness (QED) is 0.546. The molecule has 0 aliphatic carbocycles. The van der Waals surface area contributed by atoms with Crippen molar-refractivity contribution in [1.29, 1.82) is 0 Å². The van der Waals surface area contributed by atoms with Gasteiger partial charge in [-0.2, -0.15) is 0 Å². The number of carbonyl (C=O) groups excluding carboxylic acids is 1. The van der Waals surface area contributed by atoms with E-state index in [1.165, 1.54) is 0 Å². The van der Waals surface area contributed by atoms with E-state index in [1.807, 2.05) is 24.3 Å². The minimum atomic E-state index is -1.89. The normalized spacial score (nSPS) is 13.6. The largest absolute Gasteiger partial charge is 0.544 e. The molecule has 0 radical (unpaired) electrons. The number of rotatable bonds is 7. The van der Waals surface area contributed by atoms with Gasteiger partial charge in [0.1, 0.15) is 5.75 Å². The number of hydrogen-bond acceptors (Lipinski definition) is 4. The Balaban J connectivity index is 3.08. The lowest BCUT2D eigenvalue weighted by molar-refractivity contribution is -0.152. The van der Waals surface area contributed by atoms with E-state index in [2.05, 4.69) is 39.3 Å². The lowest BCUT2D eigenvalue weighted by Gasteiger charge is -2.26. The lowest BCUT2D eigenvalue weighted by atomic mass is 10.1. The second kappa shape index (κ2) is 7.43. The fraction of sp³-hybridized carbons (Fsp3) is 0.562. The predicted octanol–water partition coefficient (Wildman–Crippen LogP) is 4.36. The van der Waals surface area contributed by atoms with Crippen LogP contribution < -0.4 is 4.43 Å². The van der Waals surface area contributed by atoms with Crippen molar-refractivity contribution < 1.29 is 18.4 Å². The first kappa shape index (κ1) is 18.9. The molecule has 4 nitrogen and oxygen atoms in total. The first-order chi connectivity index (χ1) is 10.0. The maximum Gasteiger partial charge on any atom is 0.338 e. The highest BCUT2D eigenvalue weighted by molar-refractivity contribution is 6.70. The van der Waals surface area contributed by atoms with Crippen molar-refractivity contribution in [2.75, 3.05) is 6.61 Å². The van der Waals surface area contributed by atoms with Crippen molar-refractivity contribution in [2.24, 2.45) is 0 Å². The van der Waals surface area contributed by atoms with Gasteiger partial charge in [0.15, 0.2) is 14.4 Å². The van der Waals surface area contributed by atoms with E-state index in [0.29, 0.717) is 6.61 Å². The molecule has 0 bridgehead atoms. The van der Waals surface area contributed by atoms with Crippen LogP contribution in [0, 0.1) is 0 Å². The summed E-state index contributed by atoms with van der Waals surface area (Å²) in [6.45, 7) is 14.7. The molecule has 0 amide bonds. The average molecular weight is 341 g/mol. The van der Waals surface area contributed by atoms with Gasteiger partial charge in [0.25, 0.3) is 0 Å². The van der Waals surface area contributed by atoms with Crippen LogP contribution in [0.2, 0.25) is 39.3 Å². The molecule has 0 aliphatic rings. The van der Waals surface area contributed by atoms with Crippen LogP contribution in [-0.4, -0.2) is 29.2 Å². The fourth-order valence-corrected chi connectivity index (χ4v) is 3.69. The van der Waals surface area contributed by atoms with Gasteiger partial charge in [-0.25, -0.2) is 4.79 Å². The third-order valence-electron chi connectivity index (χ3n) is 2.56. The van der Waals surface area contributed by atoms with Crippen LogP contribution in [0.3, 0.4) is 0 Å². The average Bonchev–Trinajstić information content (AvgIpc) is 2.33. The number of benzene rings is 1. The van der Waals surface area contributed by atoms with Crippen LogP contribution in [0.4, 0.5) is 0 Å². The number of ether oxygens (including phenoxy) is 1. The molecule has 6 heteroatoms. The van der Waals surface area contributed by atoms with Gasteiger partial charge in [-0.15, -0.1) is 0 Å². The second-order valence-corrected chi connectivity index (χ2v) is 16.0. The molecule has 22 heavy (non-hydrogen) atoms. The van der Waals surface area contributed by atoms with Crippen molar-refractivity contribution in [3.63, 3.8) is 0 Å². The van der Waals surface area contributed by atoms with Crippen LogP contribution in [0.1, 0.15) is 18.6 Å². The number of esters is 1. The van der Waals surface area contributed by atoms with Gasteiger partial charge >= 0.3 is 5.97 Å². The van der Waals surface area contributed by atoms with E-state index in [0.717, 1.165) is 11.3 Å². The van der Waals surface area contributed by atoms with Crippen molar-refractivity contribution >= 4 is 22.6 Å². The molecule has 1 rings (SSSR count). The molecule has 124 valence electrons. The molecule has 0 fully saturated rings. The van der Waals surface area contributed by atoms with E-state index < -0.39 is 22.7 Å². The Morgan fingerprint density at radius 2 is 1.73 bits per heavy atom. The molecule has 1 atom stereocenters. The van der Waals surface area contributed by atoms with Crippen LogP contribution >= 0.6 is 0 Å². The van der Waals surface area contributed by atoms with Crippen molar-refractivity contribution in [3.05, 3.63) is 29.8 Å². The molecular weight excluding hydrogens is 312 g/mol. The van der Waals surface area contributed by atoms with Gasteiger partial charge in [0.05, 0.1) is 6.61 Å². The molecule has 0 spiro atoms. The summed E-state index contributed by atoms with van der Waals surface area (Å²) in [6.07, 6.45) is -0.684. The predicted molar refractivity (Wildman–Crippen MR) is 94.2 cm³/mol. The van der Waals surface area contributed by atoms with E-state index >= 15 is 0 Å². The summed E-state index contributed by atoms with van der Waals surface area (Å²) in [5.74, 6) is 0.445. The highest BCUT2D eigenvalue weighted by Crippen LogP contribution is 2.27. The summed E-state index contributed by atoms with van der Waals surface area (Å²) in [4.78, 5) is 12.3. The van der Waals surface area contributed by atoms with Crippen molar-refractivity contribution in [1.82, 2.24) is 0 Å². The fourth-order valence-electron chi connectivity index (χ4n) is 1.92. The number of carbonyl (C=O) groups is 1. The third-order valence-corrected chi connectivity index (χ3v) is 4.35. The van der Waals surface area contributed by atoms with E-state index in [4.69, 9.17) is 13.6 Å². The number of hydrogen-bond donors (Lipinski definition) is 0.